The highest BCUT2D eigenvalue weighted by molar-refractivity contribution is 5.89. The zero-order valence-electron chi connectivity index (χ0n) is 9.39. The number of morpholine rings is 1. The van der Waals surface area contributed by atoms with Crippen LogP contribution in [0.3, 0.4) is 0 Å². The number of hydrogen-bond acceptors (Lipinski definition) is 3. The quantitative estimate of drug-likeness (QED) is 0.755. The minimum Gasteiger partial charge on any atom is -0.481 e. The van der Waals surface area contributed by atoms with E-state index in [0.717, 1.165) is 6.42 Å². The number of rotatable bonds is 3. The van der Waals surface area contributed by atoms with Crippen molar-refractivity contribution in [3.8, 4) is 0 Å². The van der Waals surface area contributed by atoms with Gasteiger partial charge in [-0.15, -0.1) is 0 Å². The molecule has 1 heterocycles. The Bertz CT molecular complexity index is 304. The van der Waals surface area contributed by atoms with E-state index in [9.17, 15) is 9.59 Å². The van der Waals surface area contributed by atoms with E-state index in [2.05, 4.69) is 0 Å². The molecule has 1 N–H and O–H groups in total. The largest absolute Gasteiger partial charge is 0.481 e. The van der Waals surface area contributed by atoms with Crippen molar-refractivity contribution in [1.82, 2.24) is 4.90 Å². The van der Waals surface area contributed by atoms with E-state index in [1.807, 2.05) is 6.92 Å². The predicted octanol–water partition coefficient (Wildman–Crippen LogP) is 0.344. The van der Waals surface area contributed by atoms with Crippen molar-refractivity contribution in [2.24, 2.45) is 11.8 Å². The minimum atomic E-state index is -0.848. The standard InChI is InChI=1S/C11H17NO4/c1-2-7-6-16-4-3-12(7)10(13)8-5-9(8)11(14)15/h7-9H,2-6H2,1H3,(H,14,15). The van der Waals surface area contributed by atoms with Gasteiger partial charge >= 0.3 is 5.97 Å². The number of nitrogens with zero attached hydrogens (tertiary/aromatic N) is 1. The lowest BCUT2D eigenvalue weighted by Crippen LogP contribution is -2.49. The molecule has 0 aromatic carbocycles. The molecule has 5 heteroatoms. The molecule has 5 nitrogen and oxygen atoms in total. The van der Waals surface area contributed by atoms with Gasteiger partial charge in [0, 0.05) is 6.54 Å². The van der Waals surface area contributed by atoms with Crippen LogP contribution in [-0.2, 0) is 14.3 Å². The van der Waals surface area contributed by atoms with Crippen LogP contribution < -0.4 is 0 Å². The molecule has 90 valence electrons. The van der Waals surface area contributed by atoms with Crippen LogP contribution in [0.25, 0.3) is 0 Å². The van der Waals surface area contributed by atoms with Gasteiger partial charge in [-0.3, -0.25) is 9.59 Å². The molecule has 3 unspecified atom stereocenters. The number of carboxylic acids is 1. The topological polar surface area (TPSA) is 66.8 Å². The van der Waals surface area contributed by atoms with E-state index < -0.39 is 11.9 Å². The number of hydrogen-bond donors (Lipinski definition) is 1. The molecule has 1 saturated heterocycles. The monoisotopic (exact) mass is 227 g/mol. The smallest absolute Gasteiger partial charge is 0.307 e. The highest BCUT2D eigenvalue weighted by atomic mass is 16.5. The van der Waals surface area contributed by atoms with Crippen molar-refractivity contribution < 1.29 is 19.4 Å². The predicted molar refractivity (Wildman–Crippen MR) is 55.8 cm³/mol. The second-order valence-corrected chi connectivity index (χ2v) is 4.46. The first kappa shape index (κ1) is 11.4. The molecule has 1 aliphatic carbocycles. The molecule has 1 aliphatic heterocycles. The van der Waals surface area contributed by atoms with Crippen LogP contribution in [0.2, 0.25) is 0 Å². The Hall–Kier alpha value is -1.10. The lowest BCUT2D eigenvalue weighted by atomic mass is 10.1. The second kappa shape index (κ2) is 4.41. The fourth-order valence-electron chi connectivity index (χ4n) is 2.24. The average Bonchev–Trinajstić information content (AvgIpc) is 3.08. The SMILES string of the molecule is CCC1COCCN1C(=O)C1CC1C(=O)O. The Kier molecular flexibility index (Phi) is 3.14. The van der Waals surface area contributed by atoms with Gasteiger partial charge in [-0.25, -0.2) is 0 Å². The van der Waals surface area contributed by atoms with E-state index >= 15 is 0 Å². The molecular weight excluding hydrogens is 210 g/mol. The van der Waals surface area contributed by atoms with Gasteiger partial charge in [-0.05, 0) is 12.8 Å². The van der Waals surface area contributed by atoms with Gasteiger partial charge in [-0.2, -0.15) is 0 Å². The lowest BCUT2D eigenvalue weighted by molar-refractivity contribution is -0.145. The van der Waals surface area contributed by atoms with Gasteiger partial charge in [0.05, 0.1) is 31.1 Å². The fraction of sp³-hybridized carbons (Fsp3) is 0.818. The number of carbonyl (C=O) groups is 2. The molecule has 2 aliphatic rings. The molecule has 0 aromatic heterocycles. The Morgan fingerprint density at radius 1 is 1.44 bits per heavy atom. The van der Waals surface area contributed by atoms with Crippen LogP contribution in [0, 0.1) is 11.8 Å². The first-order valence-corrected chi connectivity index (χ1v) is 5.76. The number of aliphatic carboxylic acids is 1. The Labute approximate surface area is 94.4 Å². The summed E-state index contributed by atoms with van der Waals surface area (Å²) >= 11 is 0. The summed E-state index contributed by atoms with van der Waals surface area (Å²) in [6.07, 6.45) is 1.36. The van der Waals surface area contributed by atoms with Gasteiger partial charge in [0.2, 0.25) is 5.91 Å². The van der Waals surface area contributed by atoms with Gasteiger partial charge < -0.3 is 14.7 Å². The second-order valence-electron chi connectivity index (χ2n) is 4.46. The first-order valence-electron chi connectivity index (χ1n) is 5.76. The van der Waals surface area contributed by atoms with E-state index in [1.165, 1.54) is 0 Å². The zero-order chi connectivity index (χ0) is 11.7. The van der Waals surface area contributed by atoms with Crippen molar-refractivity contribution in [3.05, 3.63) is 0 Å². The number of carboxylic acid groups (broad SMARTS) is 1. The number of ether oxygens (including phenoxy) is 1. The molecular formula is C11H17NO4. The van der Waals surface area contributed by atoms with E-state index in [4.69, 9.17) is 9.84 Å². The number of carbonyl (C=O) groups excluding carboxylic acids is 1. The maximum absolute atomic E-state index is 12.1. The highest BCUT2D eigenvalue weighted by Gasteiger charge is 2.50. The molecule has 0 aromatic rings. The third-order valence-electron chi connectivity index (χ3n) is 3.41. The minimum absolute atomic E-state index is 0.00236. The summed E-state index contributed by atoms with van der Waals surface area (Å²) in [7, 11) is 0. The van der Waals surface area contributed by atoms with Gasteiger partial charge in [0.25, 0.3) is 0 Å². The molecule has 0 spiro atoms. The summed E-state index contributed by atoms with van der Waals surface area (Å²) < 4.78 is 5.32. The highest BCUT2D eigenvalue weighted by Crippen LogP contribution is 2.40. The molecule has 1 saturated carbocycles. The van der Waals surface area contributed by atoms with Crippen LogP contribution in [0.15, 0.2) is 0 Å². The molecule has 16 heavy (non-hydrogen) atoms. The molecule has 2 rings (SSSR count). The lowest BCUT2D eigenvalue weighted by Gasteiger charge is -2.35. The number of amides is 1. The van der Waals surface area contributed by atoms with Crippen LogP contribution >= 0.6 is 0 Å². The Morgan fingerprint density at radius 3 is 2.75 bits per heavy atom. The fourth-order valence-corrected chi connectivity index (χ4v) is 2.24. The van der Waals surface area contributed by atoms with E-state index in [0.29, 0.717) is 26.2 Å². The molecule has 3 atom stereocenters. The Morgan fingerprint density at radius 2 is 2.19 bits per heavy atom. The summed E-state index contributed by atoms with van der Waals surface area (Å²) in [6.45, 7) is 3.75. The summed E-state index contributed by atoms with van der Waals surface area (Å²) in [6, 6.07) is 0.122. The van der Waals surface area contributed by atoms with Crippen LogP contribution in [0.1, 0.15) is 19.8 Å². The molecule has 1 amide bonds. The van der Waals surface area contributed by atoms with Crippen LogP contribution in [0.5, 0.6) is 0 Å². The molecule has 0 bridgehead atoms. The van der Waals surface area contributed by atoms with E-state index in [1.54, 1.807) is 4.90 Å². The average molecular weight is 227 g/mol. The van der Waals surface area contributed by atoms with Crippen molar-refractivity contribution in [2.45, 2.75) is 25.8 Å². The van der Waals surface area contributed by atoms with Crippen LogP contribution in [0.4, 0.5) is 0 Å². The van der Waals surface area contributed by atoms with Gasteiger partial charge in [0.15, 0.2) is 0 Å². The molecule has 0 radical (unpaired) electrons. The maximum atomic E-state index is 12.1. The normalized spacial score (nSPS) is 33.6. The summed E-state index contributed by atoms with van der Waals surface area (Å²) in [4.78, 5) is 24.6. The summed E-state index contributed by atoms with van der Waals surface area (Å²) in [5.74, 6) is -1.58. The summed E-state index contributed by atoms with van der Waals surface area (Å²) in [5, 5.41) is 8.80. The third kappa shape index (κ3) is 2.04. The van der Waals surface area contributed by atoms with Crippen molar-refractivity contribution in [2.75, 3.05) is 19.8 Å². The van der Waals surface area contributed by atoms with Crippen molar-refractivity contribution >= 4 is 11.9 Å². The van der Waals surface area contributed by atoms with Crippen molar-refractivity contribution in [3.63, 3.8) is 0 Å². The van der Waals surface area contributed by atoms with Gasteiger partial charge in [-0.1, -0.05) is 6.92 Å². The maximum Gasteiger partial charge on any atom is 0.307 e. The van der Waals surface area contributed by atoms with Crippen LogP contribution in [-0.4, -0.2) is 47.7 Å². The first-order chi connectivity index (χ1) is 7.65. The zero-order valence-corrected chi connectivity index (χ0v) is 9.39. The Balaban J connectivity index is 1.96. The van der Waals surface area contributed by atoms with Crippen molar-refractivity contribution in [1.29, 1.82) is 0 Å². The van der Waals surface area contributed by atoms with E-state index in [-0.39, 0.29) is 17.9 Å². The van der Waals surface area contributed by atoms with Gasteiger partial charge in [0.1, 0.15) is 0 Å². The third-order valence-corrected chi connectivity index (χ3v) is 3.41. The summed E-state index contributed by atoms with van der Waals surface area (Å²) in [5.41, 5.74) is 0. The molecule has 2 fully saturated rings.